The Morgan fingerprint density at radius 3 is 2.25 bits per heavy atom. The van der Waals surface area contributed by atoms with Gasteiger partial charge in [0.05, 0.1) is 12.2 Å². The monoisotopic (exact) mass is 481 g/mol. The SMILES string of the molecule is CC(C)(Cc1ccc2ccccc2c1)NCCCOCc1ccccc1Cc1ccc(C(=O)O)cc1. The minimum Gasteiger partial charge on any atom is -0.478 e. The van der Waals surface area contributed by atoms with E-state index in [0.29, 0.717) is 18.8 Å². The van der Waals surface area contributed by atoms with E-state index >= 15 is 0 Å². The Morgan fingerprint density at radius 1 is 0.833 bits per heavy atom. The molecule has 4 heteroatoms. The molecule has 0 fully saturated rings. The van der Waals surface area contributed by atoms with Crippen molar-refractivity contribution in [3.05, 3.63) is 119 Å². The van der Waals surface area contributed by atoms with E-state index in [9.17, 15) is 4.79 Å². The maximum Gasteiger partial charge on any atom is 0.335 e. The highest BCUT2D eigenvalue weighted by Gasteiger charge is 2.17. The molecule has 4 aromatic rings. The maximum atomic E-state index is 11.1. The lowest BCUT2D eigenvalue weighted by atomic mass is 9.93. The van der Waals surface area contributed by atoms with Gasteiger partial charge < -0.3 is 15.2 Å². The van der Waals surface area contributed by atoms with Crippen LogP contribution >= 0.6 is 0 Å². The van der Waals surface area contributed by atoms with Crippen LogP contribution in [0.15, 0.2) is 91.0 Å². The summed E-state index contributed by atoms with van der Waals surface area (Å²) in [5.41, 5.74) is 5.12. The van der Waals surface area contributed by atoms with Crippen molar-refractivity contribution in [3.63, 3.8) is 0 Å². The van der Waals surface area contributed by atoms with E-state index in [1.807, 2.05) is 24.3 Å². The van der Waals surface area contributed by atoms with Crippen LogP contribution in [0, 0.1) is 0 Å². The van der Waals surface area contributed by atoms with Gasteiger partial charge in [-0.15, -0.1) is 0 Å². The van der Waals surface area contributed by atoms with Crippen molar-refractivity contribution < 1.29 is 14.6 Å². The van der Waals surface area contributed by atoms with Crippen LogP contribution in [0.4, 0.5) is 0 Å². The highest BCUT2D eigenvalue weighted by atomic mass is 16.5. The van der Waals surface area contributed by atoms with Crippen LogP contribution in [0.1, 0.15) is 52.9 Å². The Labute approximate surface area is 213 Å². The number of ether oxygens (including phenoxy) is 1. The maximum absolute atomic E-state index is 11.1. The molecule has 4 nitrogen and oxygen atoms in total. The van der Waals surface area contributed by atoms with Gasteiger partial charge in [-0.3, -0.25) is 0 Å². The molecule has 0 amide bonds. The molecule has 0 saturated carbocycles. The molecule has 0 saturated heterocycles. The first-order valence-electron chi connectivity index (χ1n) is 12.6. The number of fused-ring (bicyclic) bond motifs is 1. The van der Waals surface area contributed by atoms with Crippen LogP contribution < -0.4 is 5.32 Å². The second-order valence-corrected chi connectivity index (χ2v) is 10.0. The predicted octanol–water partition coefficient (Wildman–Crippen LogP) is 6.65. The van der Waals surface area contributed by atoms with E-state index in [0.717, 1.165) is 31.4 Å². The molecular formula is C32H35NO3. The number of carboxylic acids is 1. The summed E-state index contributed by atoms with van der Waals surface area (Å²) >= 11 is 0. The summed E-state index contributed by atoms with van der Waals surface area (Å²) in [6.07, 6.45) is 2.67. The van der Waals surface area contributed by atoms with E-state index in [2.05, 4.69) is 73.8 Å². The Bertz CT molecular complexity index is 1290. The number of hydrogen-bond acceptors (Lipinski definition) is 3. The zero-order chi connectivity index (χ0) is 25.4. The van der Waals surface area contributed by atoms with Crippen molar-refractivity contribution >= 4 is 16.7 Å². The van der Waals surface area contributed by atoms with Gasteiger partial charge in [0, 0.05) is 12.1 Å². The zero-order valence-electron chi connectivity index (χ0n) is 21.2. The third-order valence-electron chi connectivity index (χ3n) is 6.50. The van der Waals surface area contributed by atoms with Crippen LogP contribution in [0.25, 0.3) is 10.8 Å². The third-order valence-corrected chi connectivity index (χ3v) is 6.50. The van der Waals surface area contributed by atoms with E-state index < -0.39 is 5.97 Å². The van der Waals surface area contributed by atoms with Crippen LogP contribution in [0.3, 0.4) is 0 Å². The highest BCUT2D eigenvalue weighted by Crippen LogP contribution is 2.20. The van der Waals surface area contributed by atoms with Gasteiger partial charge in [-0.1, -0.05) is 78.9 Å². The first kappa shape index (κ1) is 25.6. The van der Waals surface area contributed by atoms with Crippen molar-refractivity contribution in [2.24, 2.45) is 0 Å². The second-order valence-electron chi connectivity index (χ2n) is 10.0. The lowest BCUT2D eigenvalue weighted by molar-refractivity contribution is 0.0697. The van der Waals surface area contributed by atoms with E-state index in [4.69, 9.17) is 9.84 Å². The van der Waals surface area contributed by atoms with Crippen molar-refractivity contribution in [3.8, 4) is 0 Å². The van der Waals surface area contributed by atoms with Gasteiger partial charge in [0.2, 0.25) is 0 Å². The second kappa shape index (κ2) is 12.0. The molecule has 0 atom stereocenters. The fourth-order valence-electron chi connectivity index (χ4n) is 4.56. The molecule has 0 unspecified atom stereocenters. The fraction of sp³-hybridized carbons (Fsp3) is 0.281. The predicted molar refractivity (Wildman–Crippen MR) is 147 cm³/mol. The minimum absolute atomic E-state index is 0.00520. The summed E-state index contributed by atoms with van der Waals surface area (Å²) in [5.74, 6) is -0.901. The van der Waals surface area contributed by atoms with Crippen molar-refractivity contribution in [1.29, 1.82) is 0 Å². The molecule has 2 N–H and O–H groups in total. The Morgan fingerprint density at radius 2 is 1.50 bits per heavy atom. The van der Waals surface area contributed by atoms with Crippen LogP contribution in [0.5, 0.6) is 0 Å². The number of nitrogens with one attached hydrogen (secondary N) is 1. The first-order chi connectivity index (χ1) is 17.4. The average Bonchev–Trinajstić information content (AvgIpc) is 2.87. The number of hydrogen-bond donors (Lipinski definition) is 2. The molecule has 186 valence electrons. The lowest BCUT2D eigenvalue weighted by Crippen LogP contribution is -2.42. The van der Waals surface area contributed by atoms with Crippen LogP contribution in [-0.2, 0) is 24.2 Å². The number of rotatable bonds is 12. The summed E-state index contributed by atoms with van der Waals surface area (Å²) in [6, 6.07) is 30.6. The molecule has 0 aliphatic rings. The lowest BCUT2D eigenvalue weighted by Gasteiger charge is -2.27. The molecule has 0 aliphatic carbocycles. The Balaban J connectivity index is 1.21. The summed E-state index contributed by atoms with van der Waals surface area (Å²) in [4.78, 5) is 11.1. The Hall–Kier alpha value is -3.47. The smallest absolute Gasteiger partial charge is 0.335 e. The number of carboxylic acid groups (broad SMARTS) is 1. The minimum atomic E-state index is -0.901. The molecule has 0 radical (unpaired) electrons. The molecule has 0 spiro atoms. The molecule has 36 heavy (non-hydrogen) atoms. The number of aromatic carboxylic acids is 1. The van der Waals surface area contributed by atoms with Gasteiger partial charge in [-0.05, 0) is 84.8 Å². The summed E-state index contributed by atoms with van der Waals surface area (Å²) in [5, 5.41) is 15.3. The molecule has 0 heterocycles. The third kappa shape index (κ3) is 7.27. The van der Waals surface area contributed by atoms with Gasteiger partial charge >= 0.3 is 5.97 Å². The van der Waals surface area contributed by atoms with Gasteiger partial charge in [0.25, 0.3) is 0 Å². The summed E-state index contributed by atoms with van der Waals surface area (Å²) < 4.78 is 6.01. The van der Waals surface area contributed by atoms with Crippen molar-refractivity contribution in [2.75, 3.05) is 13.2 Å². The molecule has 0 aliphatic heterocycles. The zero-order valence-corrected chi connectivity index (χ0v) is 21.2. The van der Waals surface area contributed by atoms with Gasteiger partial charge in [0.15, 0.2) is 0 Å². The van der Waals surface area contributed by atoms with Gasteiger partial charge in [0.1, 0.15) is 0 Å². The largest absolute Gasteiger partial charge is 0.478 e. The first-order valence-corrected chi connectivity index (χ1v) is 12.6. The summed E-state index contributed by atoms with van der Waals surface area (Å²) in [6.45, 7) is 6.67. The molecule has 4 rings (SSSR count). The van der Waals surface area contributed by atoms with Crippen LogP contribution in [-0.4, -0.2) is 29.8 Å². The normalized spacial score (nSPS) is 11.6. The van der Waals surface area contributed by atoms with Gasteiger partial charge in [-0.25, -0.2) is 4.79 Å². The van der Waals surface area contributed by atoms with Crippen molar-refractivity contribution in [1.82, 2.24) is 5.32 Å². The van der Waals surface area contributed by atoms with E-state index in [-0.39, 0.29) is 5.54 Å². The molecule has 4 aromatic carbocycles. The topological polar surface area (TPSA) is 58.6 Å². The number of carbonyl (C=O) groups is 1. The fourth-order valence-corrected chi connectivity index (χ4v) is 4.56. The number of benzene rings is 4. The van der Waals surface area contributed by atoms with E-state index in [1.165, 1.54) is 27.5 Å². The summed E-state index contributed by atoms with van der Waals surface area (Å²) in [7, 11) is 0. The highest BCUT2D eigenvalue weighted by molar-refractivity contribution is 5.87. The average molecular weight is 482 g/mol. The quantitative estimate of drug-likeness (QED) is 0.223. The standard InChI is InChI=1S/C32H35NO3/c1-32(2,22-25-14-15-26-8-3-4-9-28(26)21-25)33-18-7-19-36-23-30-11-6-5-10-29(30)20-24-12-16-27(17-13-24)31(34)35/h3-6,8-17,21,33H,7,18-20,22-23H2,1-2H3,(H,34,35). The molecule has 0 bridgehead atoms. The van der Waals surface area contributed by atoms with E-state index in [1.54, 1.807) is 12.1 Å². The molecule has 0 aromatic heterocycles. The van der Waals surface area contributed by atoms with Gasteiger partial charge in [-0.2, -0.15) is 0 Å². The Kier molecular flexibility index (Phi) is 8.52. The van der Waals surface area contributed by atoms with Crippen LogP contribution in [0.2, 0.25) is 0 Å². The molecular weight excluding hydrogens is 446 g/mol. The van der Waals surface area contributed by atoms with Crippen molar-refractivity contribution in [2.45, 2.75) is 45.3 Å².